The van der Waals surface area contributed by atoms with Crippen molar-refractivity contribution in [3.63, 3.8) is 0 Å². The summed E-state index contributed by atoms with van der Waals surface area (Å²) in [7, 11) is 0. The molecule has 4 aliphatic carbocycles. The van der Waals surface area contributed by atoms with Crippen molar-refractivity contribution in [1.29, 1.82) is 0 Å². The van der Waals surface area contributed by atoms with Crippen LogP contribution in [0.5, 0.6) is 0 Å². The minimum atomic E-state index is -0.105. The zero-order valence-corrected chi connectivity index (χ0v) is 14.6. The van der Waals surface area contributed by atoms with Gasteiger partial charge in [-0.1, -0.05) is 25.5 Å². The maximum absolute atomic E-state index is 12.3. The second-order valence-corrected chi connectivity index (χ2v) is 9.09. The van der Waals surface area contributed by atoms with Gasteiger partial charge < -0.3 is 5.11 Å². The molecule has 2 heteroatoms. The van der Waals surface area contributed by atoms with Crippen LogP contribution in [0.15, 0.2) is 24.3 Å². The molecular formula is C21H30O2. The van der Waals surface area contributed by atoms with Crippen molar-refractivity contribution in [2.24, 2.45) is 34.5 Å². The number of hydrogen-bond donors (Lipinski definition) is 1. The molecule has 0 saturated heterocycles. The van der Waals surface area contributed by atoms with Crippen molar-refractivity contribution in [1.82, 2.24) is 0 Å². The molecule has 3 saturated carbocycles. The Balaban J connectivity index is 1.70. The fourth-order valence-electron chi connectivity index (χ4n) is 6.85. The third-order valence-corrected chi connectivity index (χ3v) is 8.30. The maximum atomic E-state index is 12.3. The molecule has 0 amide bonds. The number of fused-ring (bicyclic) bond motifs is 5. The van der Waals surface area contributed by atoms with Gasteiger partial charge in [0.1, 0.15) is 0 Å². The minimum Gasteiger partial charge on any atom is -0.393 e. The molecule has 2 nitrogen and oxygen atoms in total. The standard InChI is InChI=1S/C21H30O2/c1-4-13-12-21(3)14(11-18(13)22)5-6-15-16-7-8-19(23)20(16,2)10-9-17(15)21/h4,11,13,15-17,19,23H,1,5-10,12H2,2-3H3/t13?,15-,16-,17-,19-,20-,21-/m0/s1. The second-order valence-electron chi connectivity index (χ2n) is 9.09. The maximum Gasteiger partial charge on any atom is 0.162 e. The van der Waals surface area contributed by atoms with Gasteiger partial charge in [-0.2, -0.15) is 0 Å². The average molecular weight is 314 g/mol. The van der Waals surface area contributed by atoms with Gasteiger partial charge >= 0.3 is 0 Å². The molecule has 4 rings (SSSR count). The molecule has 0 radical (unpaired) electrons. The van der Waals surface area contributed by atoms with E-state index < -0.39 is 0 Å². The lowest BCUT2D eigenvalue weighted by Gasteiger charge is -2.58. The normalized spacial score (nSPS) is 52.2. The smallest absolute Gasteiger partial charge is 0.162 e. The Morgan fingerprint density at radius 2 is 2.00 bits per heavy atom. The lowest BCUT2D eigenvalue weighted by Crippen LogP contribution is -2.52. The van der Waals surface area contributed by atoms with Crippen LogP contribution in [0.3, 0.4) is 0 Å². The molecule has 0 aromatic rings. The van der Waals surface area contributed by atoms with Crippen LogP contribution in [0.25, 0.3) is 0 Å². The van der Waals surface area contributed by atoms with E-state index in [-0.39, 0.29) is 28.6 Å². The van der Waals surface area contributed by atoms with Crippen molar-refractivity contribution in [2.75, 3.05) is 0 Å². The second kappa shape index (κ2) is 5.05. The van der Waals surface area contributed by atoms with E-state index in [1.165, 1.54) is 24.8 Å². The Morgan fingerprint density at radius 1 is 1.22 bits per heavy atom. The largest absolute Gasteiger partial charge is 0.393 e. The van der Waals surface area contributed by atoms with E-state index in [1.807, 2.05) is 12.2 Å². The molecule has 0 aliphatic heterocycles. The Hall–Kier alpha value is -0.890. The van der Waals surface area contributed by atoms with Gasteiger partial charge in [0.05, 0.1) is 6.10 Å². The third-order valence-electron chi connectivity index (χ3n) is 8.30. The first-order valence-electron chi connectivity index (χ1n) is 9.45. The van der Waals surface area contributed by atoms with Gasteiger partial charge in [0, 0.05) is 5.92 Å². The zero-order valence-electron chi connectivity index (χ0n) is 14.6. The molecule has 0 bridgehead atoms. The molecule has 3 fully saturated rings. The van der Waals surface area contributed by atoms with Crippen LogP contribution in [0.1, 0.15) is 58.8 Å². The van der Waals surface area contributed by atoms with Crippen molar-refractivity contribution < 1.29 is 9.90 Å². The Morgan fingerprint density at radius 3 is 2.74 bits per heavy atom. The molecule has 0 aromatic heterocycles. The van der Waals surface area contributed by atoms with E-state index in [9.17, 15) is 9.90 Å². The molecule has 0 aromatic carbocycles. The summed E-state index contributed by atoms with van der Waals surface area (Å²) in [5.41, 5.74) is 1.72. The van der Waals surface area contributed by atoms with Crippen molar-refractivity contribution in [3.05, 3.63) is 24.3 Å². The molecule has 4 aliphatic rings. The van der Waals surface area contributed by atoms with E-state index in [1.54, 1.807) is 0 Å². The van der Waals surface area contributed by atoms with Gasteiger partial charge in [-0.25, -0.2) is 0 Å². The highest BCUT2D eigenvalue weighted by Crippen LogP contribution is 2.65. The number of rotatable bonds is 1. The van der Waals surface area contributed by atoms with Gasteiger partial charge in [0.2, 0.25) is 0 Å². The molecule has 1 unspecified atom stereocenters. The van der Waals surface area contributed by atoms with E-state index >= 15 is 0 Å². The van der Waals surface area contributed by atoms with E-state index in [0.29, 0.717) is 11.8 Å². The van der Waals surface area contributed by atoms with Crippen molar-refractivity contribution in [2.45, 2.75) is 64.9 Å². The lowest BCUT2D eigenvalue weighted by atomic mass is 9.46. The minimum absolute atomic E-state index is 0.00461. The van der Waals surface area contributed by atoms with Gasteiger partial charge in [0.15, 0.2) is 5.78 Å². The fourth-order valence-corrected chi connectivity index (χ4v) is 6.85. The highest BCUT2D eigenvalue weighted by molar-refractivity contribution is 5.95. The van der Waals surface area contributed by atoms with Crippen LogP contribution in [-0.2, 0) is 4.79 Å². The number of hydrogen-bond acceptors (Lipinski definition) is 2. The molecular weight excluding hydrogens is 284 g/mol. The van der Waals surface area contributed by atoms with Crippen LogP contribution in [0.4, 0.5) is 0 Å². The van der Waals surface area contributed by atoms with E-state index in [2.05, 4.69) is 20.4 Å². The van der Waals surface area contributed by atoms with E-state index in [0.717, 1.165) is 31.6 Å². The summed E-state index contributed by atoms with van der Waals surface area (Å²) in [6, 6.07) is 0. The fraction of sp³-hybridized carbons (Fsp3) is 0.762. The third kappa shape index (κ3) is 2.00. The number of aliphatic hydroxyl groups excluding tert-OH is 1. The first-order chi connectivity index (χ1) is 10.9. The van der Waals surface area contributed by atoms with Crippen LogP contribution < -0.4 is 0 Å². The van der Waals surface area contributed by atoms with Gasteiger partial charge in [-0.3, -0.25) is 4.79 Å². The lowest BCUT2D eigenvalue weighted by molar-refractivity contribution is -0.121. The van der Waals surface area contributed by atoms with Crippen LogP contribution >= 0.6 is 0 Å². The van der Waals surface area contributed by atoms with Gasteiger partial charge in [-0.15, -0.1) is 6.58 Å². The first-order valence-corrected chi connectivity index (χ1v) is 9.45. The molecule has 7 atom stereocenters. The Labute approximate surface area is 140 Å². The number of aliphatic hydroxyl groups is 1. The highest BCUT2D eigenvalue weighted by atomic mass is 16.3. The summed E-state index contributed by atoms with van der Waals surface area (Å²) in [6.45, 7) is 8.64. The van der Waals surface area contributed by atoms with Gasteiger partial charge in [-0.05, 0) is 79.6 Å². The molecule has 126 valence electrons. The number of carbonyl (C=O) groups excluding carboxylic acids is 1. The monoisotopic (exact) mass is 314 g/mol. The van der Waals surface area contributed by atoms with Crippen molar-refractivity contribution in [3.8, 4) is 0 Å². The molecule has 1 N–H and O–H groups in total. The molecule has 0 heterocycles. The zero-order chi connectivity index (χ0) is 16.4. The quantitative estimate of drug-likeness (QED) is 0.733. The summed E-state index contributed by atoms with van der Waals surface area (Å²) in [4.78, 5) is 12.3. The first kappa shape index (κ1) is 15.6. The Kier molecular flexibility index (Phi) is 3.43. The Bertz CT molecular complexity index is 576. The predicted molar refractivity (Wildman–Crippen MR) is 91.8 cm³/mol. The van der Waals surface area contributed by atoms with E-state index in [4.69, 9.17) is 0 Å². The summed E-state index contributed by atoms with van der Waals surface area (Å²) in [5.74, 6) is 2.36. The summed E-state index contributed by atoms with van der Waals surface area (Å²) >= 11 is 0. The summed E-state index contributed by atoms with van der Waals surface area (Å²) < 4.78 is 0. The predicted octanol–water partition coefficient (Wildman–Crippen LogP) is 4.29. The van der Waals surface area contributed by atoms with Crippen LogP contribution in [-0.4, -0.2) is 17.0 Å². The van der Waals surface area contributed by atoms with Crippen molar-refractivity contribution >= 4 is 5.78 Å². The van der Waals surface area contributed by atoms with Gasteiger partial charge in [0.25, 0.3) is 0 Å². The summed E-state index contributed by atoms with van der Waals surface area (Å²) in [5, 5.41) is 10.5. The topological polar surface area (TPSA) is 37.3 Å². The summed E-state index contributed by atoms with van der Waals surface area (Å²) in [6.07, 6.45) is 11.5. The molecule has 0 spiro atoms. The molecule has 23 heavy (non-hydrogen) atoms. The average Bonchev–Trinajstić information content (AvgIpc) is 2.83. The highest BCUT2D eigenvalue weighted by Gasteiger charge is 2.59. The number of allylic oxidation sites excluding steroid dienone is 2. The number of ketones is 1. The van der Waals surface area contributed by atoms with Crippen LogP contribution in [0, 0.1) is 34.5 Å². The van der Waals surface area contributed by atoms with Crippen LogP contribution in [0.2, 0.25) is 0 Å². The number of carbonyl (C=O) groups is 1. The SMILES string of the molecule is C=CC1C[C@@]2(C)C(=CC1=O)CC[C@H]1[C@@H]3CC[C@H](O)[C@@]3(C)CC[C@@H]12.